The van der Waals surface area contributed by atoms with Gasteiger partial charge in [0.05, 0.1) is 5.69 Å². The lowest BCUT2D eigenvalue weighted by atomic mass is 10.2. The molecule has 2 aromatic rings. The largest absolute Gasteiger partial charge is 0.352 e. The van der Waals surface area contributed by atoms with Gasteiger partial charge in [-0.05, 0) is 49.9 Å². The van der Waals surface area contributed by atoms with Gasteiger partial charge in [0, 0.05) is 31.9 Å². The van der Waals surface area contributed by atoms with Crippen LogP contribution >= 0.6 is 0 Å². The highest BCUT2D eigenvalue weighted by Gasteiger charge is 2.23. The molecule has 1 aromatic carbocycles. The minimum atomic E-state index is -0.0384. The highest BCUT2D eigenvalue weighted by molar-refractivity contribution is 5.89. The summed E-state index contributed by atoms with van der Waals surface area (Å²) >= 11 is 0. The van der Waals surface area contributed by atoms with E-state index >= 15 is 0 Å². The van der Waals surface area contributed by atoms with Crippen molar-refractivity contribution in [2.45, 2.75) is 26.2 Å². The SMILES string of the molecule is Cc1ccc(NC(=O)N2CCN(c3cc4c(nn3)CCC4)CC2)cc1. The van der Waals surface area contributed by atoms with Crippen molar-refractivity contribution in [2.75, 3.05) is 36.4 Å². The van der Waals surface area contributed by atoms with Gasteiger partial charge in [0.25, 0.3) is 0 Å². The highest BCUT2D eigenvalue weighted by atomic mass is 16.2. The number of piperazine rings is 1. The number of fused-ring (bicyclic) bond motifs is 1. The van der Waals surface area contributed by atoms with Crippen LogP contribution in [0.4, 0.5) is 16.3 Å². The lowest BCUT2D eigenvalue weighted by Crippen LogP contribution is -2.50. The summed E-state index contributed by atoms with van der Waals surface area (Å²) in [7, 11) is 0. The molecule has 0 unspecified atom stereocenters. The van der Waals surface area contributed by atoms with Crippen LogP contribution < -0.4 is 10.2 Å². The summed E-state index contributed by atoms with van der Waals surface area (Å²) in [6, 6.07) is 10.0. The fourth-order valence-corrected chi connectivity index (χ4v) is 3.45. The third-order valence-corrected chi connectivity index (χ3v) is 5.00. The van der Waals surface area contributed by atoms with Crippen LogP contribution in [-0.2, 0) is 12.8 Å². The molecule has 0 radical (unpaired) electrons. The number of anilines is 2. The number of aromatic nitrogens is 2. The maximum atomic E-state index is 12.4. The maximum Gasteiger partial charge on any atom is 0.321 e. The van der Waals surface area contributed by atoms with E-state index in [4.69, 9.17) is 0 Å². The number of carbonyl (C=O) groups is 1. The van der Waals surface area contributed by atoms with Gasteiger partial charge in [0.2, 0.25) is 0 Å². The molecule has 1 N–H and O–H groups in total. The Labute approximate surface area is 147 Å². The minimum Gasteiger partial charge on any atom is -0.352 e. The predicted octanol–water partition coefficient (Wildman–Crippen LogP) is 2.63. The van der Waals surface area contributed by atoms with Crippen molar-refractivity contribution in [3.8, 4) is 0 Å². The van der Waals surface area contributed by atoms with Crippen molar-refractivity contribution in [2.24, 2.45) is 0 Å². The maximum absolute atomic E-state index is 12.4. The molecule has 1 aliphatic heterocycles. The Kier molecular flexibility index (Phi) is 4.26. The third kappa shape index (κ3) is 3.43. The number of urea groups is 1. The Balaban J connectivity index is 1.34. The molecular formula is C19H23N5O. The predicted molar refractivity (Wildman–Crippen MR) is 98.0 cm³/mol. The van der Waals surface area contributed by atoms with E-state index in [1.54, 1.807) is 0 Å². The number of carbonyl (C=O) groups excluding carboxylic acids is 1. The molecule has 0 saturated carbocycles. The fraction of sp³-hybridized carbons (Fsp3) is 0.421. The van der Waals surface area contributed by atoms with Crippen LogP contribution in [0.5, 0.6) is 0 Å². The normalized spacial score (nSPS) is 16.7. The van der Waals surface area contributed by atoms with Crippen LogP contribution in [0.2, 0.25) is 0 Å². The van der Waals surface area contributed by atoms with E-state index in [1.165, 1.54) is 17.5 Å². The van der Waals surface area contributed by atoms with Crippen molar-refractivity contribution in [3.63, 3.8) is 0 Å². The van der Waals surface area contributed by atoms with Gasteiger partial charge in [0.15, 0.2) is 5.82 Å². The van der Waals surface area contributed by atoms with Crippen LogP contribution in [0, 0.1) is 6.92 Å². The Morgan fingerprint density at radius 2 is 1.80 bits per heavy atom. The monoisotopic (exact) mass is 337 g/mol. The molecule has 2 amide bonds. The summed E-state index contributed by atoms with van der Waals surface area (Å²) in [5.41, 5.74) is 4.51. The van der Waals surface area contributed by atoms with Crippen LogP contribution in [0.1, 0.15) is 23.2 Å². The van der Waals surface area contributed by atoms with Crippen molar-refractivity contribution in [1.29, 1.82) is 0 Å². The number of nitrogens with zero attached hydrogens (tertiary/aromatic N) is 4. The lowest BCUT2D eigenvalue weighted by molar-refractivity contribution is 0.208. The molecule has 6 heteroatoms. The number of benzene rings is 1. The zero-order valence-electron chi connectivity index (χ0n) is 14.5. The second-order valence-electron chi connectivity index (χ2n) is 6.80. The quantitative estimate of drug-likeness (QED) is 0.915. The zero-order valence-corrected chi connectivity index (χ0v) is 14.5. The second kappa shape index (κ2) is 6.70. The minimum absolute atomic E-state index is 0.0384. The van der Waals surface area contributed by atoms with Gasteiger partial charge in [-0.3, -0.25) is 0 Å². The van der Waals surface area contributed by atoms with E-state index in [-0.39, 0.29) is 6.03 Å². The van der Waals surface area contributed by atoms with Gasteiger partial charge in [-0.2, -0.15) is 5.10 Å². The summed E-state index contributed by atoms with van der Waals surface area (Å²) < 4.78 is 0. The molecule has 1 saturated heterocycles. The van der Waals surface area contributed by atoms with Crippen molar-refractivity contribution in [1.82, 2.24) is 15.1 Å². The van der Waals surface area contributed by atoms with E-state index in [0.29, 0.717) is 13.1 Å². The standard InChI is InChI=1S/C19H23N5O/c1-14-5-7-16(8-6-14)20-19(25)24-11-9-23(10-12-24)18-13-15-3-2-4-17(15)21-22-18/h5-8,13H,2-4,9-12H2,1H3,(H,20,25). The molecule has 25 heavy (non-hydrogen) atoms. The average molecular weight is 337 g/mol. The number of hydrogen-bond donors (Lipinski definition) is 1. The number of aryl methyl sites for hydroxylation is 3. The molecule has 0 bridgehead atoms. The fourth-order valence-electron chi connectivity index (χ4n) is 3.45. The Hall–Kier alpha value is -2.63. The third-order valence-electron chi connectivity index (χ3n) is 5.00. The molecule has 0 spiro atoms. The number of amides is 2. The number of rotatable bonds is 2. The average Bonchev–Trinajstić information content (AvgIpc) is 3.11. The topological polar surface area (TPSA) is 61.4 Å². The van der Waals surface area contributed by atoms with Crippen molar-refractivity contribution < 1.29 is 4.79 Å². The molecule has 0 atom stereocenters. The first-order valence-electron chi connectivity index (χ1n) is 8.92. The molecule has 1 aromatic heterocycles. The molecule has 2 heterocycles. The Bertz CT molecular complexity index is 766. The van der Waals surface area contributed by atoms with Crippen LogP contribution in [0.3, 0.4) is 0 Å². The van der Waals surface area contributed by atoms with Gasteiger partial charge < -0.3 is 15.1 Å². The van der Waals surface area contributed by atoms with Crippen molar-refractivity contribution >= 4 is 17.5 Å². The van der Waals surface area contributed by atoms with Crippen molar-refractivity contribution in [3.05, 3.63) is 47.2 Å². The first kappa shape index (κ1) is 15.9. The first-order valence-corrected chi connectivity index (χ1v) is 8.92. The van der Waals surface area contributed by atoms with Crippen LogP contribution in [0.15, 0.2) is 30.3 Å². The molecule has 1 aliphatic carbocycles. The summed E-state index contributed by atoms with van der Waals surface area (Å²) in [5, 5.41) is 11.7. The smallest absolute Gasteiger partial charge is 0.321 e. The van der Waals surface area contributed by atoms with Crippen LogP contribution in [0.25, 0.3) is 0 Å². The second-order valence-corrected chi connectivity index (χ2v) is 6.80. The molecule has 4 rings (SSSR count). The Morgan fingerprint density at radius 1 is 1.04 bits per heavy atom. The van der Waals surface area contributed by atoms with Gasteiger partial charge >= 0.3 is 6.03 Å². The summed E-state index contributed by atoms with van der Waals surface area (Å²) in [6.07, 6.45) is 3.34. The van der Waals surface area contributed by atoms with E-state index in [2.05, 4.69) is 26.5 Å². The van der Waals surface area contributed by atoms with E-state index in [0.717, 1.165) is 43.1 Å². The highest BCUT2D eigenvalue weighted by Crippen LogP contribution is 2.23. The summed E-state index contributed by atoms with van der Waals surface area (Å²) in [5.74, 6) is 0.944. The van der Waals surface area contributed by atoms with E-state index in [9.17, 15) is 4.79 Å². The number of nitrogens with one attached hydrogen (secondary N) is 1. The van der Waals surface area contributed by atoms with Gasteiger partial charge in [-0.15, -0.1) is 5.10 Å². The lowest BCUT2D eigenvalue weighted by Gasteiger charge is -2.35. The Morgan fingerprint density at radius 3 is 2.56 bits per heavy atom. The molecule has 130 valence electrons. The van der Waals surface area contributed by atoms with Gasteiger partial charge in [-0.25, -0.2) is 4.79 Å². The van der Waals surface area contributed by atoms with E-state index < -0.39 is 0 Å². The molecule has 1 fully saturated rings. The first-order chi connectivity index (χ1) is 12.2. The van der Waals surface area contributed by atoms with E-state index in [1.807, 2.05) is 36.1 Å². The molecular weight excluding hydrogens is 314 g/mol. The molecule has 2 aliphatic rings. The summed E-state index contributed by atoms with van der Waals surface area (Å²) in [4.78, 5) is 16.5. The summed E-state index contributed by atoms with van der Waals surface area (Å²) in [6.45, 7) is 4.99. The van der Waals surface area contributed by atoms with Gasteiger partial charge in [-0.1, -0.05) is 17.7 Å². The van der Waals surface area contributed by atoms with Gasteiger partial charge in [0.1, 0.15) is 0 Å². The van der Waals surface area contributed by atoms with Crippen LogP contribution in [-0.4, -0.2) is 47.3 Å². The number of hydrogen-bond acceptors (Lipinski definition) is 4. The zero-order chi connectivity index (χ0) is 17.2. The molecule has 6 nitrogen and oxygen atoms in total.